The summed E-state index contributed by atoms with van der Waals surface area (Å²) < 4.78 is 18.0. The smallest absolute Gasteiger partial charge is 0.390 e. The lowest BCUT2D eigenvalue weighted by atomic mass is 10.1. The van der Waals surface area contributed by atoms with Crippen LogP contribution >= 0.6 is 7.60 Å². The van der Waals surface area contributed by atoms with E-state index in [1.807, 2.05) is 0 Å². The van der Waals surface area contributed by atoms with E-state index in [1.165, 1.54) is 17.0 Å². The summed E-state index contributed by atoms with van der Waals surface area (Å²) in [5.74, 6) is -0.0898. The van der Waals surface area contributed by atoms with Crippen molar-refractivity contribution < 1.29 is 24.2 Å². The molecule has 124 valence electrons. The molecule has 0 aliphatic carbocycles. The average molecular weight is 343 g/mol. The monoisotopic (exact) mass is 343 g/mol. The van der Waals surface area contributed by atoms with E-state index in [0.717, 1.165) is 0 Å². The Hall–Kier alpha value is -2.20. The second-order valence-electron chi connectivity index (χ2n) is 5.00. The lowest BCUT2D eigenvalue weighted by Gasteiger charge is -2.31. The third-order valence-corrected chi connectivity index (χ3v) is 4.37. The number of fused-ring (bicyclic) bond motifs is 1. The van der Waals surface area contributed by atoms with E-state index in [1.54, 1.807) is 0 Å². The highest BCUT2D eigenvalue weighted by Crippen LogP contribution is 2.49. The molecule has 0 bridgehead atoms. The lowest BCUT2D eigenvalue weighted by Crippen LogP contribution is -2.32. The molecule has 2 aromatic rings. The van der Waals surface area contributed by atoms with Gasteiger partial charge in [-0.3, -0.25) is 14.3 Å². The molecular formula is C11H14N5O6P. The number of imidazole rings is 1. The highest BCUT2D eigenvalue weighted by molar-refractivity contribution is 7.56. The summed E-state index contributed by atoms with van der Waals surface area (Å²) in [5.41, 5.74) is 4.81. The largest absolute Gasteiger partial charge is 0.478 e. The number of hydrogen-bond donors (Lipinski definition) is 5. The molecule has 1 aliphatic heterocycles. The number of aromatic amines is 1. The van der Waals surface area contributed by atoms with Gasteiger partial charge in [0.1, 0.15) is 6.10 Å². The molecule has 23 heavy (non-hydrogen) atoms. The molecule has 0 saturated heterocycles. The van der Waals surface area contributed by atoms with Crippen LogP contribution in [0.5, 0.6) is 0 Å². The molecule has 0 radical (unpaired) electrons. The number of aromatic nitrogens is 4. The number of anilines is 1. The van der Waals surface area contributed by atoms with Gasteiger partial charge in [-0.2, -0.15) is 4.98 Å². The van der Waals surface area contributed by atoms with E-state index in [2.05, 4.69) is 15.0 Å². The van der Waals surface area contributed by atoms with Crippen molar-refractivity contribution in [2.45, 2.75) is 18.6 Å². The third kappa shape index (κ3) is 2.75. The fourth-order valence-electron chi connectivity index (χ4n) is 2.48. The Morgan fingerprint density at radius 3 is 2.91 bits per heavy atom. The molecule has 11 nitrogen and oxygen atoms in total. The first-order chi connectivity index (χ1) is 10.8. The van der Waals surface area contributed by atoms with Crippen LogP contribution in [-0.2, 0) is 9.30 Å². The van der Waals surface area contributed by atoms with Gasteiger partial charge in [0, 0.05) is 0 Å². The summed E-state index contributed by atoms with van der Waals surface area (Å²) in [6, 6.07) is -0.547. The summed E-state index contributed by atoms with van der Waals surface area (Å²) in [5, 5.41) is 9.47. The molecule has 0 spiro atoms. The van der Waals surface area contributed by atoms with Gasteiger partial charge in [0.15, 0.2) is 11.2 Å². The van der Waals surface area contributed by atoms with Crippen molar-refractivity contribution in [3.63, 3.8) is 0 Å². The standard InChI is InChI=1S/C11H14N5O6P/c12-11-14-9-8(10(18)15-11)13-4-16(9)5-1-2-7(23(19,20)21)22-6(5)3-17/h2,4-6,17H,1,3H2,(H2,19,20,21)(H3,12,14,15,18)/t5-,6-/m1/s1. The Morgan fingerprint density at radius 2 is 2.26 bits per heavy atom. The molecule has 0 saturated carbocycles. The zero-order valence-corrected chi connectivity index (χ0v) is 12.6. The van der Waals surface area contributed by atoms with Crippen LogP contribution in [0.2, 0.25) is 0 Å². The topological polar surface area (TPSA) is 177 Å². The molecular weight excluding hydrogens is 329 g/mol. The van der Waals surface area contributed by atoms with Crippen LogP contribution in [0, 0.1) is 0 Å². The van der Waals surface area contributed by atoms with Gasteiger partial charge in [-0.25, -0.2) is 4.98 Å². The molecule has 12 heteroatoms. The second-order valence-corrected chi connectivity index (χ2v) is 6.53. The number of nitrogens with two attached hydrogens (primary N) is 1. The van der Waals surface area contributed by atoms with Gasteiger partial charge in [0.05, 0.1) is 19.0 Å². The van der Waals surface area contributed by atoms with Crippen LogP contribution in [0.25, 0.3) is 11.2 Å². The van der Waals surface area contributed by atoms with Crippen molar-refractivity contribution in [1.82, 2.24) is 19.5 Å². The quantitative estimate of drug-likeness (QED) is 0.439. The first kappa shape index (κ1) is 15.7. The van der Waals surface area contributed by atoms with Crippen LogP contribution in [0.15, 0.2) is 22.7 Å². The second kappa shape index (κ2) is 5.46. The van der Waals surface area contributed by atoms with Gasteiger partial charge < -0.3 is 29.9 Å². The normalized spacial score (nSPS) is 22.0. The van der Waals surface area contributed by atoms with Crippen LogP contribution in [0.3, 0.4) is 0 Å². The minimum Gasteiger partial charge on any atom is -0.478 e. The zero-order chi connectivity index (χ0) is 16.8. The van der Waals surface area contributed by atoms with Crippen molar-refractivity contribution >= 4 is 24.7 Å². The number of ether oxygens (including phenoxy) is 1. The molecule has 1 aliphatic rings. The van der Waals surface area contributed by atoms with Crippen molar-refractivity contribution in [2.24, 2.45) is 0 Å². The fraction of sp³-hybridized carbons (Fsp3) is 0.364. The number of rotatable bonds is 3. The van der Waals surface area contributed by atoms with Crippen molar-refractivity contribution in [3.8, 4) is 0 Å². The lowest BCUT2D eigenvalue weighted by molar-refractivity contribution is 0.0176. The van der Waals surface area contributed by atoms with Gasteiger partial charge >= 0.3 is 7.60 Å². The summed E-state index contributed by atoms with van der Waals surface area (Å²) in [6.07, 6.45) is 1.83. The number of nitrogens with one attached hydrogen (secondary N) is 1. The highest BCUT2D eigenvalue weighted by atomic mass is 31.2. The average Bonchev–Trinajstić information content (AvgIpc) is 2.89. The molecule has 0 unspecified atom stereocenters. The Morgan fingerprint density at radius 1 is 1.52 bits per heavy atom. The molecule has 0 aromatic carbocycles. The Kier molecular flexibility index (Phi) is 3.72. The Labute approximate surface area is 128 Å². The maximum absolute atomic E-state index is 11.8. The first-order valence-corrected chi connectivity index (χ1v) is 8.18. The van der Waals surface area contributed by atoms with Gasteiger partial charge in [-0.05, 0) is 12.5 Å². The van der Waals surface area contributed by atoms with Gasteiger partial charge in [-0.15, -0.1) is 0 Å². The van der Waals surface area contributed by atoms with E-state index in [9.17, 15) is 14.5 Å². The molecule has 2 aromatic heterocycles. The minimum atomic E-state index is -4.55. The maximum Gasteiger partial charge on any atom is 0.390 e. The number of aliphatic hydroxyl groups is 1. The van der Waals surface area contributed by atoms with E-state index in [-0.39, 0.29) is 23.5 Å². The molecule has 6 N–H and O–H groups in total. The summed E-state index contributed by atoms with van der Waals surface area (Å²) in [7, 11) is -4.55. The highest BCUT2D eigenvalue weighted by Gasteiger charge is 2.35. The molecule has 3 rings (SSSR count). The van der Waals surface area contributed by atoms with E-state index >= 15 is 0 Å². The van der Waals surface area contributed by atoms with E-state index < -0.39 is 37.4 Å². The molecule has 3 heterocycles. The van der Waals surface area contributed by atoms with E-state index in [4.69, 9.17) is 20.3 Å². The maximum atomic E-state index is 11.8. The van der Waals surface area contributed by atoms with Crippen LogP contribution in [-0.4, -0.2) is 47.1 Å². The van der Waals surface area contributed by atoms with Crippen molar-refractivity contribution in [3.05, 3.63) is 28.3 Å². The summed E-state index contributed by atoms with van der Waals surface area (Å²) in [6.45, 7) is -0.486. The van der Waals surface area contributed by atoms with Crippen LogP contribution < -0.4 is 11.3 Å². The van der Waals surface area contributed by atoms with E-state index in [0.29, 0.717) is 0 Å². The predicted molar refractivity (Wildman–Crippen MR) is 78.3 cm³/mol. The number of H-pyrrole nitrogens is 1. The predicted octanol–water partition coefficient (Wildman–Crippen LogP) is -0.957. The summed E-state index contributed by atoms with van der Waals surface area (Å²) in [4.78, 5) is 40.4. The Balaban J connectivity index is 2.07. The summed E-state index contributed by atoms with van der Waals surface area (Å²) >= 11 is 0. The van der Waals surface area contributed by atoms with Crippen LogP contribution in [0.1, 0.15) is 12.5 Å². The number of nitrogens with zero attached hydrogens (tertiary/aromatic N) is 3. The van der Waals surface area contributed by atoms with Gasteiger partial charge in [-0.1, -0.05) is 0 Å². The number of aliphatic hydroxyl groups excluding tert-OH is 1. The van der Waals surface area contributed by atoms with Crippen molar-refractivity contribution in [1.29, 1.82) is 0 Å². The first-order valence-electron chi connectivity index (χ1n) is 6.57. The number of hydrogen-bond acceptors (Lipinski definition) is 7. The van der Waals surface area contributed by atoms with Crippen molar-refractivity contribution in [2.75, 3.05) is 12.3 Å². The SMILES string of the molecule is Nc1nc2c(ncn2[C@@H]2CC=C(P(=O)(O)O)O[C@@H]2CO)c(=O)[nH]1. The Bertz CT molecular complexity index is 883. The van der Waals surface area contributed by atoms with Gasteiger partial charge in [0.25, 0.3) is 5.56 Å². The minimum absolute atomic E-state index is 0.0701. The molecule has 2 atom stereocenters. The molecule has 0 fully saturated rings. The fourth-order valence-corrected chi connectivity index (χ4v) is 3.10. The third-order valence-electron chi connectivity index (χ3n) is 3.51. The molecule has 0 amide bonds. The van der Waals surface area contributed by atoms with Gasteiger partial charge in [0.2, 0.25) is 11.4 Å². The van der Waals surface area contributed by atoms with Crippen LogP contribution in [0.4, 0.5) is 5.95 Å². The zero-order valence-electron chi connectivity index (χ0n) is 11.7. The number of nitrogen functional groups attached to an aromatic ring is 1. The number of allylic oxidation sites excluding steroid dienone is 1.